The van der Waals surface area contributed by atoms with Gasteiger partial charge in [0.1, 0.15) is 0 Å². The van der Waals surface area contributed by atoms with Crippen molar-refractivity contribution in [2.24, 2.45) is 5.92 Å². The lowest BCUT2D eigenvalue weighted by Gasteiger charge is -2.14. The number of hydrogen-bond acceptors (Lipinski definition) is 6. The van der Waals surface area contributed by atoms with Gasteiger partial charge in [-0.1, -0.05) is 37.2 Å². The summed E-state index contributed by atoms with van der Waals surface area (Å²) in [6.07, 6.45) is 2.25. The molecule has 0 spiro atoms. The molecule has 0 N–H and O–H groups in total. The average molecular weight is 391 g/mol. The van der Waals surface area contributed by atoms with Crippen molar-refractivity contribution < 1.29 is 4.42 Å². The van der Waals surface area contributed by atoms with E-state index in [1.54, 1.807) is 22.8 Å². The molecule has 6 nitrogen and oxygen atoms in total. The molecule has 0 radical (unpaired) electrons. The van der Waals surface area contributed by atoms with Crippen LogP contribution in [0.2, 0.25) is 5.02 Å². The van der Waals surface area contributed by atoms with Crippen molar-refractivity contribution in [2.75, 3.05) is 0 Å². The maximum Gasteiger partial charge on any atom is 0.262 e. The first kappa shape index (κ1) is 17.5. The molecule has 0 saturated heterocycles. The van der Waals surface area contributed by atoms with E-state index in [4.69, 9.17) is 16.0 Å². The van der Waals surface area contributed by atoms with E-state index in [0.29, 0.717) is 51.1 Å². The number of halogens is 1. The zero-order valence-electron chi connectivity index (χ0n) is 14.6. The van der Waals surface area contributed by atoms with Crippen LogP contribution in [0.15, 0.2) is 32.6 Å². The lowest BCUT2D eigenvalue weighted by Crippen LogP contribution is -2.25. The lowest BCUT2D eigenvalue weighted by molar-refractivity contribution is 0.464. The summed E-state index contributed by atoms with van der Waals surface area (Å²) >= 11 is 7.50. The molecule has 1 aliphatic rings. The van der Waals surface area contributed by atoms with Crippen LogP contribution < -0.4 is 5.56 Å². The summed E-state index contributed by atoms with van der Waals surface area (Å²) in [5, 5.41) is 9.94. The minimum atomic E-state index is -0.0714. The molecule has 136 valence electrons. The van der Waals surface area contributed by atoms with Gasteiger partial charge in [-0.05, 0) is 37.0 Å². The van der Waals surface area contributed by atoms with Gasteiger partial charge in [0.15, 0.2) is 5.16 Å². The zero-order chi connectivity index (χ0) is 18.3. The average Bonchev–Trinajstić information content (AvgIpc) is 3.35. The van der Waals surface area contributed by atoms with Crippen LogP contribution in [0.5, 0.6) is 0 Å². The van der Waals surface area contributed by atoms with Gasteiger partial charge in [-0.3, -0.25) is 9.36 Å². The molecule has 0 bridgehead atoms. The van der Waals surface area contributed by atoms with Gasteiger partial charge in [0.05, 0.1) is 16.7 Å². The molecule has 3 aromatic rings. The minimum Gasteiger partial charge on any atom is -0.424 e. The van der Waals surface area contributed by atoms with E-state index in [0.717, 1.165) is 18.7 Å². The van der Waals surface area contributed by atoms with E-state index in [2.05, 4.69) is 29.0 Å². The maximum atomic E-state index is 12.9. The Morgan fingerprint density at radius 2 is 2.15 bits per heavy atom. The van der Waals surface area contributed by atoms with Crippen molar-refractivity contribution >= 4 is 34.3 Å². The number of hydrogen-bond donors (Lipinski definition) is 0. The van der Waals surface area contributed by atoms with E-state index in [1.165, 1.54) is 11.8 Å². The normalized spacial score (nSPS) is 14.5. The first-order valence-corrected chi connectivity index (χ1v) is 10.0. The Morgan fingerprint density at radius 3 is 2.88 bits per heavy atom. The highest BCUT2D eigenvalue weighted by molar-refractivity contribution is 7.98. The first-order valence-electron chi connectivity index (χ1n) is 8.66. The number of benzene rings is 1. The standard InChI is InChI=1S/C18H19ClN4O2S/c1-10(2)8-23-17(24)13-7-12(19)5-6-14(13)20-18(23)26-9-15-21-22-16(25-15)11-3-4-11/h5-7,10-11H,3-4,8-9H2,1-2H3. The van der Waals surface area contributed by atoms with Gasteiger partial charge in [0.2, 0.25) is 11.8 Å². The number of fused-ring (bicyclic) bond motifs is 1. The summed E-state index contributed by atoms with van der Waals surface area (Å²) in [4.78, 5) is 17.6. The second-order valence-corrected chi connectivity index (χ2v) is 8.34. The molecule has 1 fully saturated rings. The zero-order valence-corrected chi connectivity index (χ0v) is 16.2. The molecule has 1 saturated carbocycles. The molecule has 1 aromatic carbocycles. The van der Waals surface area contributed by atoms with Crippen LogP contribution in [-0.2, 0) is 12.3 Å². The molecule has 2 aromatic heterocycles. The van der Waals surface area contributed by atoms with E-state index in [-0.39, 0.29) is 5.56 Å². The summed E-state index contributed by atoms with van der Waals surface area (Å²) in [6.45, 7) is 4.74. The van der Waals surface area contributed by atoms with Gasteiger partial charge >= 0.3 is 0 Å². The van der Waals surface area contributed by atoms with Gasteiger partial charge in [-0.15, -0.1) is 10.2 Å². The second kappa shape index (κ2) is 7.04. The largest absolute Gasteiger partial charge is 0.424 e. The van der Waals surface area contributed by atoms with Crippen LogP contribution in [0.25, 0.3) is 10.9 Å². The Kier molecular flexibility index (Phi) is 4.75. The van der Waals surface area contributed by atoms with Gasteiger partial charge in [0, 0.05) is 17.5 Å². The van der Waals surface area contributed by atoms with Crippen LogP contribution in [0.1, 0.15) is 44.4 Å². The van der Waals surface area contributed by atoms with Gasteiger partial charge < -0.3 is 4.42 Å². The highest BCUT2D eigenvalue weighted by atomic mass is 35.5. The SMILES string of the molecule is CC(C)Cn1c(SCc2nnc(C3CC3)o2)nc2ccc(Cl)cc2c1=O. The van der Waals surface area contributed by atoms with E-state index >= 15 is 0 Å². The Labute approximate surface area is 160 Å². The highest BCUT2D eigenvalue weighted by Gasteiger charge is 2.29. The van der Waals surface area contributed by atoms with Gasteiger partial charge in [0.25, 0.3) is 5.56 Å². The Morgan fingerprint density at radius 1 is 1.35 bits per heavy atom. The van der Waals surface area contributed by atoms with E-state index < -0.39 is 0 Å². The van der Waals surface area contributed by atoms with Gasteiger partial charge in [-0.2, -0.15) is 0 Å². The molecular formula is C18H19ClN4O2S. The third-order valence-corrected chi connectivity index (χ3v) is 5.36. The van der Waals surface area contributed by atoms with Crippen LogP contribution in [0.3, 0.4) is 0 Å². The monoisotopic (exact) mass is 390 g/mol. The molecule has 1 aliphatic carbocycles. The fraction of sp³-hybridized carbons (Fsp3) is 0.444. The predicted molar refractivity (Wildman–Crippen MR) is 102 cm³/mol. The summed E-state index contributed by atoms with van der Waals surface area (Å²) in [5.41, 5.74) is 0.573. The number of thioether (sulfide) groups is 1. The molecule has 2 heterocycles. The fourth-order valence-corrected chi connectivity index (χ4v) is 3.77. The van der Waals surface area contributed by atoms with E-state index in [1.807, 2.05) is 0 Å². The first-order chi connectivity index (χ1) is 12.5. The quantitative estimate of drug-likeness (QED) is 0.462. The molecule has 0 aliphatic heterocycles. The number of aromatic nitrogens is 4. The maximum absolute atomic E-state index is 12.9. The Hall–Kier alpha value is -1.86. The number of rotatable bonds is 6. The smallest absolute Gasteiger partial charge is 0.262 e. The molecule has 4 rings (SSSR count). The van der Waals surface area contributed by atoms with Crippen molar-refractivity contribution in [3.63, 3.8) is 0 Å². The van der Waals surface area contributed by atoms with Crippen molar-refractivity contribution in [1.82, 2.24) is 19.7 Å². The van der Waals surface area contributed by atoms with Crippen molar-refractivity contribution in [3.8, 4) is 0 Å². The predicted octanol–water partition coefficient (Wildman–Crippen LogP) is 4.26. The van der Waals surface area contributed by atoms with Crippen molar-refractivity contribution in [2.45, 2.75) is 50.1 Å². The molecule has 0 amide bonds. The summed E-state index contributed by atoms with van der Waals surface area (Å²) in [7, 11) is 0. The fourth-order valence-electron chi connectivity index (χ4n) is 2.76. The molecule has 0 unspecified atom stereocenters. The lowest BCUT2D eigenvalue weighted by atomic mass is 10.2. The Balaban J connectivity index is 1.67. The highest BCUT2D eigenvalue weighted by Crippen LogP contribution is 2.39. The number of nitrogens with zero attached hydrogens (tertiary/aromatic N) is 4. The molecule has 26 heavy (non-hydrogen) atoms. The summed E-state index contributed by atoms with van der Waals surface area (Å²) in [6, 6.07) is 5.20. The van der Waals surface area contributed by atoms with Crippen molar-refractivity contribution in [3.05, 3.63) is 45.4 Å². The second-order valence-electron chi connectivity index (χ2n) is 6.96. The van der Waals surface area contributed by atoms with Crippen LogP contribution in [-0.4, -0.2) is 19.7 Å². The Bertz CT molecular complexity index is 1010. The van der Waals surface area contributed by atoms with Crippen molar-refractivity contribution in [1.29, 1.82) is 0 Å². The molecule has 8 heteroatoms. The van der Waals surface area contributed by atoms with E-state index in [9.17, 15) is 4.79 Å². The third kappa shape index (κ3) is 3.64. The van der Waals surface area contributed by atoms with Crippen LogP contribution in [0.4, 0.5) is 0 Å². The molecular weight excluding hydrogens is 372 g/mol. The topological polar surface area (TPSA) is 73.8 Å². The van der Waals surface area contributed by atoms with Gasteiger partial charge in [-0.25, -0.2) is 4.98 Å². The minimum absolute atomic E-state index is 0.0714. The summed E-state index contributed by atoms with van der Waals surface area (Å²) in [5.74, 6) is 2.53. The van der Waals surface area contributed by atoms with Crippen LogP contribution in [0, 0.1) is 5.92 Å². The van der Waals surface area contributed by atoms with Crippen LogP contribution >= 0.6 is 23.4 Å². The third-order valence-electron chi connectivity index (χ3n) is 4.16. The summed E-state index contributed by atoms with van der Waals surface area (Å²) < 4.78 is 7.42. The molecule has 0 atom stereocenters.